The van der Waals surface area contributed by atoms with Crippen LogP contribution in [0.1, 0.15) is 35.6 Å². The Bertz CT molecular complexity index is 1160. The first-order chi connectivity index (χ1) is 14.9. The number of carbonyl (C=O) groups excluding carboxylic acids is 1. The lowest BCUT2D eigenvalue weighted by Crippen LogP contribution is -2.42. The van der Waals surface area contributed by atoms with E-state index in [1.54, 1.807) is 48.5 Å². The topological polar surface area (TPSA) is 66.5 Å². The molecule has 6 heteroatoms. The van der Waals surface area contributed by atoms with Crippen molar-refractivity contribution in [2.45, 2.75) is 37.1 Å². The minimum Gasteiger partial charge on any atom is -0.348 e. The van der Waals surface area contributed by atoms with E-state index in [1.807, 2.05) is 31.2 Å². The van der Waals surface area contributed by atoms with Gasteiger partial charge in [0.1, 0.15) is 6.54 Å². The summed E-state index contributed by atoms with van der Waals surface area (Å²) in [6.07, 6.45) is 2.84. The molecule has 0 heterocycles. The lowest BCUT2D eigenvalue weighted by Gasteiger charge is -2.28. The first kappa shape index (κ1) is 21.1. The Morgan fingerprint density at radius 2 is 1.65 bits per heavy atom. The van der Waals surface area contributed by atoms with Gasteiger partial charge in [0.25, 0.3) is 10.0 Å². The molecule has 0 fully saturated rings. The average molecular weight is 435 g/mol. The standard InChI is InChI=1S/C25H26N2O3S/c1-19-14-16-22(17-15-19)31(29,30)27(21-10-3-2-4-11-21)18-25(28)26-24-13-7-9-20-8-5-6-12-23(20)24/h2-6,8,10-12,14-17,24H,7,9,13,18H2,1H3,(H,26,28)/t24-/m0/s1. The second kappa shape index (κ2) is 8.94. The summed E-state index contributed by atoms with van der Waals surface area (Å²) in [5, 5.41) is 3.06. The van der Waals surface area contributed by atoms with Crippen LogP contribution in [0.2, 0.25) is 0 Å². The number of sulfonamides is 1. The zero-order valence-corrected chi connectivity index (χ0v) is 18.3. The van der Waals surface area contributed by atoms with Crippen LogP contribution in [0.15, 0.2) is 83.8 Å². The summed E-state index contributed by atoms with van der Waals surface area (Å²) >= 11 is 0. The van der Waals surface area contributed by atoms with E-state index in [4.69, 9.17) is 0 Å². The van der Waals surface area contributed by atoms with E-state index >= 15 is 0 Å². The van der Waals surface area contributed by atoms with E-state index in [9.17, 15) is 13.2 Å². The van der Waals surface area contributed by atoms with Crippen molar-refractivity contribution in [1.82, 2.24) is 5.32 Å². The van der Waals surface area contributed by atoms with E-state index in [0.29, 0.717) is 5.69 Å². The molecule has 0 spiro atoms. The van der Waals surface area contributed by atoms with Crippen LogP contribution in [0, 0.1) is 6.92 Å². The number of carbonyl (C=O) groups is 1. The number of aryl methyl sites for hydroxylation is 2. The highest BCUT2D eigenvalue weighted by atomic mass is 32.2. The fourth-order valence-corrected chi connectivity index (χ4v) is 5.44. The summed E-state index contributed by atoms with van der Waals surface area (Å²) in [5.74, 6) is -0.318. The Kier molecular flexibility index (Phi) is 6.09. The molecule has 1 aliphatic rings. The number of nitrogens with one attached hydrogen (secondary N) is 1. The van der Waals surface area contributed by atoms with E-state index in [0.717, 1.165) is 30.4 Å². The third-order valence-corrected chi connectivity index (χ3v) is 7.43. The summed E-state index contributed by atoms with van der Waals surface area (Å²) in [6.45, 7) is 1.62. The van der Waals surface area contributed by atoms with Gasteiger partial charge >= 0.3 is 0 Å². The Balaban J connectivity index is 1.60. The van der Waals surface area contributed by atoms with Gasteiger partial charge in [0, 0.05) is 0 Å². The van der Waals surface area contributed by atoms with Gasteiger partial charge in [-0.2, -0.15) is 0 Å². The molecule has 3 aromatic carbocycles. The third-order valence-electron chi connectivity index (χ3n) is 5.65. The number of hydrogen-bond acceptors (Lipinski definition) is 3. The minimum atomic E-state index is -3.89. The van der Waals surface area contributed by atoms with Gasteiger partial charge in [0.15, 0.2) is 0 Å². The first-order valence-electron chi connectivity index (χ1n) is 10.5. The normalized spacial score (nSPS) is 15.7. The summed E-state index contributed by atoms with van der Waals surface area (Å²) in [7, 11) is -3.89. The van der Waals surface area contributed by atoms with Gasteiger partial charge in [-0.25, -0.2) is 8.42 Å². The van der Waals surface area contributed by atoms with Crippen LogP contribution in [-0.2, 0) is 21.2 Å². The second-order valence-corrected chi connectivity index (χ2v) is 9.73. The highest BCUT2D eigenvalue weighted by molar-refractivity contribution is 7.92. The monoisotopic (exact) mass is 434 g/mol. The zero-order valence-electron chi connectivity index (χ0n) is 17.5. The van der Waals surface area contributed by atoms with Gasteiger partial charge in [-0.15, -0.1) is 0 Å². The van der Waals surface area contributed by atoms with Gasteiger partial charge in [-0.1, -0.05) is 60.2 Å². The van der Waals surface area contributed by atoms with Crippen LogP contribution in [0.5, 0.6) is 0 Å². The molecule has 0 saturated carbocycles. The van der Waals surface area contributed by atoms with E-state index in [2.05, 4.69) is 11.4 Å². The van der Waals surface area contributed by atoms with Crippen LogP contribution in [0.25, 0.3) is 0 Å². The quantitative estimate of drug-likeness (QED) is 0.626. The number of rotatable bonds is 6. The molecule has 0 saturated heterocycles. The fraction of sp³-hybridized carbons (Fsp3) is 0.240. The molecule has 160 valence electrons. The molecule has 1 N–H and O–H groups in total. The van der Waals surface area contributed by atoms with Crippen molar-refractivity contribution in [2.24, 2.45) is 0 Å². The third kappa shape index (κ3) is 4.64. The van der Waals surface area contributed by atoms with Gasteiger partial charge < -0.3 is 5.32 Å². The van der Waals surface area contributed by atoms with Crippen LogP contribution >= 0.6 is 0 Å². The first-order valence-corrected chi connectivity index (χ1v) is 11.9. The molecule has 0 bridgehead atoms. The van der Waals surface area contributed by atoms with Gasteiger partial charge in [-0.05, 0) is 61.6 Å². The highest BCUT2D eigenvalue weighted by Crippen LogP contribution is 2.30. The number of para-hydroxylation sites is 1. The largest absolute Gasteiger partial charge is 0.348 e. The van der Waals surface area contributed by atoms with E-state index < -0.39 is 10.0 Å². The number of nitrogens with zero attached hydrogens (tertiary/aromatic N) is 1. The van der Waals surface area contributed by atoms with Crippen molar-refractivity contribution in [3.8, 4) is 0 Å². The van der Waals surface area contributed by atoms with Gasteiger partial charge in [-0.3, -0.25) is 9.10 Å². The predicted molar refractivity (Wildman–Crippen MR) is 122 cm³/mol. The molecule has 4 rings (SSSR count). The van der Waals surface area contributed by atoms with Crippen LogP contribution in [0.3, 0.4) is 0 Å². The van der Waals surface area contributed by atoms with Crippen LogP contribution < -0.4 is 9.62 Å². The van der Waals surface area contributed by atoms with Gasteiger partial charge in [0.2, 0.25) is 5.91 Å². The Labute approximate surface area is 183 Å². The van der Waals surface area contributed by atoms with Crippen LogP contribution in [-0.4, -0.2) is 20.9 Å². The summed E-state index contributed by atoms with van der Waals surface area (Å²) in [5.41, 5.74) is 3.79. The molecule has 0 radical (unpaired) electrons. The molecule has 3 aromatic rings. The number of hydrogen-bond donors (Lipinski definition) is 1. The molecule has 31 heavy (non-hydrogen) atoms. The average Bonchev–Trinajstić information content (AvgIpc) is 2.78. The second-order valence-electron chi connectivity index (χ2n) is 7.87. The SMILES string of the molecule is Cc1ccc(S(=O)(=O)N(CC(=O)N[C@H]2CCCc3ccccc32)c2ccccc2)cc1. The Morgan fingerprint density at radius 3 is 2.39 bits per heavy atom. The zero-order chi connectivity index (χ0) is 21.8. The number of anilines is 1. The molecule has 1 amide bonds. The molecule has 1 aliphatic carbocycles. The maximum atomic E-state index is 13.4. The number of fused-ring (bicyclic) bond motifs is 1. The number of benzene rings is 3. The lowest BCUT2D eigenvalue weighted by molar-refractivity contribution is -0.120. The molecule has 0 unspecified atom stereocenters. The maximum absolute atomic E-state index is 13.4. The molecule has 5 nitrogen and oxygen atoms in total. The van der Waals surface area contributed by atoms with Crippen molar-refractivity contribution < 1.29 is 13.2 Å². The maximum Gasteiger partial charge on any atom is 0.264 e. The Hall–Kier alpha value is -3.12. The molecular weight excluding hydrogens is 408 g/mol. The molecular formula is C25H26N2O3S. The molecule has 0 aromatic heterocycles. The smallest absolute Gasteiger partial charge is 0.264 e. The summed E-state index contributed by atoms with van der Waals surface area (Å²) in [6, 6.07) is 23.4. The lowest BCUT2D eigenvalue weighted by atomic mass is 9.88. The predicted octanol–water partition coefficient (Wildman–Crippen LogP) is 4.38. The van der Waals surface area contributed by atoms with Crippen molar-refractivity contribution in [1.29, 1.82) is 0 Å². The molecule has 1 atom stereocenters. The van der Waals surface area contributed by atoms with E-state index in [1.165, 1.54) is 9.87 Å². The minimum absolute atomic E-state index is 0.0999. The fourth-order valence-electron chi connectivity index (χ4n) is 4.02. The highest BCUT2D eigenvalue weighted by Gasteiger charge is 2.29. The number of amides is 1. The van der Waals surface area contributed by atoms with Crippen molar-refractivity contribution in [3.63, 3.8) is 0 Å². The summed E-state index contributed by atoms with van der Waals surface area (Å²) < 4.78 is 28.0. The Morgan fingerprint density at radius 1 is 0.968 bits per heavy atom. The van der Waals surface area contributed by atoms with Crippen molar-refractivity contribution in [2.75, 3.05) is 10.8 Å². The van der Waals surface area contributed by atoms with Crippen molar-refractivity contribution in [3.05, 3.63) is 95.6 Å². The van der Waals surface area contributed by atoms with E-state index in [-0.39, 0.29) is 23.4 Å². The van der Waals surface area contributed by atoms with Crippen LogP contribution in [0.4, 0.5) is 5.69 Å². The van der Waals surface area contributed by atoms with Gasteiger partial charge in [0.05, 0.1) is 16.6 Å². The van der Waals surface area contributed by atoms with Crippen molar-refractivity contribution >= 4 is 21.6 Å². The summed E-state index contributed by atoms with van der Waals surface area (Å²) in [4.78, 5) is 13.2. The molecule has 0 aliphatic heterocycles.